The minimum absolute atomic E-state index is 0.206. The molecule has 3 rings (SSSR count). The van der Waals surface area contributed by atoms with Gasteiger partial charge in [0.2, 0.25) is 6.10 Å². The number of nitrogens with one attached hydrogen (secondary N) is 1. The molecule has 27 heavy (non-hydrogen) atoms. The Labute approximate surface area is 160 Å². The van der Waals surface area contributed by atoms with Gasteiger partial charge in [0, 0.05) is 12.1 Å². The van der Waals surface area contributed by atoms with Crippen molar-refractivity contribution in [3.63, 3.8) is 0 Å². The number of ether oxygens (including phenoxy) is 1. The molecular weight excluding hydrogens is 365 g/mol. The highest BCUT2D eigenvalue weighted by atomic mass is 32.1. The van der Waals surface area contributed by atoms with E-state index in [0.717, 1.165) is 11.1 Å². The summed E-state index contributed by atoms with van der Waals surface area (Å²) >= 11 is 1.25. The number of hydrogen-bond donors (Lipinski definition) is 1. The van der Waals surface area contributed by atoms with Crippen LogP contribution < -0.4 is 5.32 Å². The fraction of sp³-hybridized carbons (Fsp3) is 0.143. The zero-order valence-corrected chi connectivity index (χ0v) is 15.5. The van der Waals surface area contributed by atoms with Crippen LogP contribution in [-0.4, -0.2) is 11.9 Å². The highest BCUT2D eigenvalue weighted by Gasteiger charge is 2.26. The maximum absolute atomic E-state index is 13.0. The molecule has 2 aromatic carbocycles. The predicted octanol–water partition coefficient (Wildman–Crippen LogP) is 4.41. The van der Waals surface area contributed by atoms with Crippen molar-refractivity contribution in [3.05, 3.63) is 93.4 Å². The van der Waals surface area contributed by atoms with Crippen molar-refractivity contribution in [1.82, 2.24) is 5.32 Å². The molecule has 4 nitrogen and oxygen atoms in total. The molecule has 0 saturated heterocycles. The van der Waals surface area contributed by atoms with E-state index in [1.54, 1.807) is 41.8 Å². The lowest BCUT2D eigenvalue weighted by Gasteiger charge is -2.18. The van der Waals surface area contributed by atoms with Crippen LogP contribution in [0.3, 0.4) is 0 Å². The first-order chi connectivity index (χ1) is 13.0. The SMILES string of the molecule is Cc1ccc(C(OC(=O)c2cccs2)C(=O)NCc2ccc(F)cc2)cc1. The molecule has 1 unspecified atom stereocenters. The predicted molar refractivity (Wildman–Crippen MR) is 102 cm³/mol. The number of carbonyl (C=O) groups is 2. The summed E-state index contributed by atoms with van der Waals surface area (Å²) in [6, 6.07) is 16.5. The van der Waals surface area contributed by atoms with E-state index >= 15 is 0 Å². The minimum atomic E-state index is -1.07. The van der Waals surface area contributed by atoms with Crippen LogP contribution in [0.4, 0.5) is 4.39 Å². The highest BCUT2D eigenvalue weighted by Crippen LogP contribution is 2.22. The third-order valence-corrected chi connectivity index (χ3v) is 4.80. The Kier molecular flexibility index (Phi) is 5.98. The van der Waals surface area contributed by atoms with Crippen LogP contribution in [0.1, 0.15) is 32.5 Å². The second-order valence-electron chi connectivity index (χ2n) is 6.02. The topological polar surface area (TPSA) is 55.4 Å². The normalized spacial score (nSPS) is 11.6. The summed E-state index contributed by atoms with van der Waals surface area (Å²) in [5, 5.41) is 4.52. The highest BCUT2D eigenvalue weighted by molar-refractivity contribution is 7.11. The number of benzene rings is 2. The van der Waals surface area contributed by atoms with Gasteiger partial charge in [-0.25, -0.2) is 9.18 Å². The zero-order chi connectivity index (χ0) is 19.2. The second-order valence-corrected chi connectivity index (χ2v) is 6.97. The Morgan fingerprint density at radius 1 is 1.07 bits per heavy atom. The Bertz CT molecular complexity index is 906. The molecule has 0 bridgehead atoms. The average Bonchev–Trinajstić information content (AvgIpc) is 3.21. The first kappa shape index (κ1) is 18.8. The number of hydrogen-bond acceptors (Lipinski definition) is 4. The van der Waals surface area contributed by atoms with E-state index in [0.29, 0.717) is 10.4 Å². The number of thiophene rings is 1. The lowest BCUT2D eigenvalue weighted by atomic mass is 10.1. The molecule has 0 radical (unpaired) electrons. The number of amides is 1. The molecule has 0 aliphatic heterocycles. The fourth-order valence-corrected chi connectivity index (χ4v) is 3.06. The Morgan fingerprint density at radius 2 is 1.78 bits per heavy atom. The van der Waals surface area contributed by atoms with Crippen LogP contribution in [0.2, 0.25) is 0 Å². The molecule has 138 valence electrons. The van der Waals surface area contributed by atoms with Gasteiger partial charge in [0.1, 0.15) is 10.7 Å². The molecule has 6 heteroatoms. The van der Waals surface area contributed by atoms with E-state index in [4.69, 9.17) is 4.74 Å². The van der Waals surface area contributed by atoms with Crippen LogP contribution in [0, 0.1) is 12.7 Å². The van der Waals surface area contributed by atoms with Crippen LogP contribution >= 0.6 is 11.3 Å². The standard InChI is InChI=1S/C21H18FNO3S/c1-14-4-8-16(9-5-14)19(26-21(25)18-3-2-12-27-18)20(24)23-13-15-6-10-17(22)11-7-15/h2-12,19H,13H2,1H3,(H,23,24). The van der Waals surface area contributed by atoms with E-state index in [2.05, 4.69) is 5.32 Å². The average molecular weight is 383 g/mol. The van der Waals surface area contributed by atoms with Crippen molar-refractivity contribution in [2.45, 2.75) is 19.6 Å². The van der Waals surface area contributed by atoms with Gasteiger partial charge in [-0.15, -0.1) is 11.3 Å². The van der Waals surface area contributed by atoms with Crippen LogP contribution in [0.25, 0.3) is 0 Å². The van der Waals surface area contributed by atoms with Crippen molar-refractivity contribution in [1.29, 1.82) is 0 Å². The van der Waals surface area contributed by atoms with E-state index in [1.165, 1.54) is 23.5 Å². The van der Waals surface area contributed by atoms with E-state index in [9.17, 15) is 14.0 Å². The lowest BCUT2D eigenvalue weighted by molar-refractivity contribution is -0.130. The molecule has 1 amide bonds. The summed E-state index contributed by atoms with van der Waals surface area (Å²) in [7, 11) is 0. The van der Waals surface area contributed by atoms with Crippen molar-refractivity contribution >= 4 is 23.2 Å². The van der Waals surface area contributed by atoms with Crippen molar-refractivity contribution in [3.8, 4) is 0 Å². The molecule has 1 aromatic heterocycles. The van der Waals surface area contributed by atoms with Gasteiger partial charge in [0.15, 0.2) is 0 Å². The van der Waals surface area contributed by atoms with Crippen molar-refractivity contribution < 1.29 is 18.7 Å². The van der Waals surface area contributed by atoms with Gasteiger partial charge in [-0.05, 0) is 36.1 Å². The van der Waals surface area contributed by atoms with E-state index < -0.39 is 18.0 Å². The number of rotatable bonds is 6. The van der Waals surface area contributed by atoms with Gasteiger partial charge in [0.25, 0.3) is 5.91 Å². The fourth-order valence-electron chi connectivity index (χ4n) is 2.46. The van der Waals surface area contributed by atoms with Gasteiger partial charge in [-0.1, -0.05) is 48.0 Å². The molecular formula is C21H18FNO3S. The lowest BCUT2D eigenvalue weighted by Crippen LogP contribution is -2.31. The van der Waals surface area contributed by atoms with Crippen molar-refractivity contribution in [2.24, 2.45) is 0 Å². The first-order valence-corrected chi connectivity index (χ1v) is 9.24. The molecule has 1 heterocycles. The third-order valence-electron chi connectivity index (χ3n) is 3.95. The monoisotopic (exact) mass is 383 g/mol. The second kappa shape index (κ2) is 8.60. The summed E-state index contributed by atoms with van der Waals surface area (Å²) in [5.41, 5.74) is 2.37. The molecule has 0 fully saturated rings. The molecule has 0 aliphatic rings. The molecule has 1 N–H and O–H groups in total. The van der Waals surface area contributed by atoms with Crippen LogP contribution in [0.5, 0.6) is 0 Å². The molecule has 0 saturated carbocycles. The van der Waals surface area contributed by atoms with Crippen molar-refractivity contribution in [2.75, 3.05) is 0 Å². The maximum atomic E-state index is 13.0. The minimum Gasteiger partial charge on any atom is -0.443 e. The number of halogens is 1. The Balaban J connectivity index is 1.75. The molecule has 3 aromatic rings. The molecule has 1 atom stereocenters. The molecule has 0 spiro atoms. The number of carbonyl (C=O) groups excluding carboxylic acids is 2. The summed E-state index contributed by atoms with van der Waals surface area (Å²) in [6.45, 7) is 2.14. The smallest absolute Gasteiger partial charge is 0.349 e. The van der Waals surface area contributed by atoms with Gasteiger partial charge < -0.3 is 10.1 Å². The van der Waals surface area contributed by atoms with Gasteiger partial charge in [-0.3, -0.25) is 4.79 Å². The summed E-state index contributed by atoms with van der Waals surface area (Å²) < 4.78 is 18.5. The summed E-state index contributed by atoms with van der Waals surface area (Å²) in [6.07, 6.45) is -1.07. The molecule has 0 aliphatic carbocycles. The Hall–Kier alpha value is -2.99. The maximum Gasteiger partial charge on any atom is 0.349 e. The van der Waals surface area contributed by atoms with Gasteiger partial charge >= 0.3 is 5.97 Å². The zero-order valence-electron chi connectivity index (χ0n) is 14.6. The van der Waals surface area contributed by atoms with Gasteiger partial charge in [0.05, 0.1) is 0 Å². The number of aryl methyl sites for hydroxylation is 1. The first-order valence-electron chi connectivity index (χ1n) is 8.36. The van der Waals surface area contributed by atoms with E-state index in [1.807, 2.05) is 19.1 Å². The summed E-state index contributed by atoms with van der Waals surface area (Å²) in [4.78, 5) is 25.5. The van der Waals surface area contributed by atoms with Crippen LogP contribution in [-0.2, 0) is 16.1 Å². The Morgan fingerprint density at radius 3 is 2.41 bits per heavy atom. The van der Waals surface area contributed by atoms with E-state index in [-0.39, 0.29) is 12.4 Å². The summed E-state index contributed by atoms with van der Waals surface area (Å²) in [5.74, 6) is -1.33. The third kappa shape index (κ3) is 5.01. The largest absolute Gasteiger partial charge is 0.443 e. The van der Waals surface area contributed by atoms with Crippen LogP contribution in [0.15, 0.2) is 66.0 Å². The number of esters is 1. The quantitative estimate of drug-likeness (QED) is 0.642. The van der Waals surface area contributed by atoms with Gasteiger partial charge in [-0.2, -0.15) is 0 Å².